The fraction of sp³-hybridized carbons (Fsp3) is 0.263. The number of H-pyrrole nitrogens is 1. The van der Waals surface area contributed by atoms with Gasteiger partial charge in [-0.2, -0.15) is 0 Å². The van der Waals surface area contributed by atoms with Crippen molar-refractivity contribution in [3.8, 4) is 0 Å². The summed E-state index contributed by atoms with van der Waals surface area (Å²) in [6.07, 6.45) is 1.67. The lowest BCUT2D eigenvalue weighted by Crippen LogP contribution is -2.19. The molecule has 3 aromatic rings. The lowest BCUT2D eigenvalue weighted by Gasteiger charge is -2.09. The number of ketones is 1. The minimum absolute atomic E-state index is 0.116. The van der Waals surface area contributed by atoms with Crippen molar-refractivity contribution in [1.29, 1.82) is 0 Å². The van der Waals surface area contributed by atoms with E-state index in [1.165, 1.54) is 0 Å². The molecule has 3 rings (SSSR count). The topological polar surface area (TPSA) is 64.1 Å². The van der Waals surface area contributed by atoms with E-state index in [0.29, 0.717) is 5.56 Å². The Labute approximate surface area is 140 Å². The molecule has 2 aromatic heterocycles. The van der Waals surface area contributed by atoms with E-state index in [0.717, 1.165) is 27.9 Å². The van der Waals surface area contributed by atoms with Gasteiger partial charge in [0.1, 0.15) is 6.54 Å². The molecule has 0 fully saturated rings. The molecule has 5 heteroatoms. The van der Waals surface area contributed by atoms with Gasteiger partial charge in [-0.25, -0.2) is 0 Å². The van der Waals surface area contributed by atoms with Gasteiger partial charge in [0, 0.05) is 34.1 Å². The number of esters is 1. The van der Waals surface area contributed by atoms with E-state index in [1.807, 2.05) is 55.7 Å². The van der Waals surface area contributed by atoms with Crippen LogP contribution < -0.4 is 0 Å². The van der Waals surface area contributed by atoms with Crippen LogP contribution >= 0.6 is 0 Å². The van der Waals surface area contributed by atoms with E-state index in [-0.39, 0.29) is 18.9 Å². The predicted molar refractivity (Wildman–Crippen MR) is 92.2 cm³/mol. The molecule has 0 spiro atoms. The quantitative estimate of drug-likeness (QED) is 0.578. The summed E-state index contributed by atoms with van der Waals surface area (Å²) in [5, 5.41) is 0.885. The first kappa shape index (κ1) is 16.1. The molecule has 1 aromatic carbocycles. The highest BCUT2D eigenvalue weighted by Gasteiger charge is 2.16. The summed E-state index contributed by atoms with van der Waals surface area (Å²) in [6, 6.07) is 9.70. The molecule has 0 saturated carbocycles. The summed E-state index contributed by atoms with van der Waals surface area (Å²) in [7, 11) is 0. The van der Waals surface area contributed by atoms with Gasteiger partial charge < -0.3 is 14.3 Å². The number of nitrogens with zero attached hydrogens (tertiary/aromatic N) is 1. The Morgan fingerprint density at radius 3 is 2.50 bits per heavy atom. The summed E-state index contributed by atoms with van der Waals surface area (Å²) in [4.78, 5) is 27.5. The molecule has 0 atom stereocenters. The molecule has 0 bridgehead atoms. The maximum Gasteiger partial charge on any atom is 0.326 e. The smallest absolute Gasteiger partial charge is 0.326 e. The van der Waals surface area contributed by atoms with Crippen molar-refractivity contribution >= 4 is 22.7 Å². The van der Waals surface area contributed by atoms with Crippen LogP contribution in [0.5, 0.6) is 0 Å². The number of Topliss-reactive ketones (excluding diaryl/α,β-unsaturated/α-hetero) is 1. The third-order valence-corrected chi connectivity index (χ3v) is 4.28. The minimum Gasteiger partial charge on any atom is -0.456 e. The van der Waals surface area contributed by atoms with Crippen molar-refractivity contribution in [2.24, 2.45) is 0 Å². The summed E-state index contributed by atoms with van der Waals surface area (Å²) in [6.45, 7) is 5.68. The Hall–Kier alpha value is -2.82. The van der Waals surface area contributed by atoms with Crippen LogP contribution in [0.15, 0.2) is 36.5 Å². The number of aromatic amines is 1. The molecule has 1 N–H and O–H groups in total. The number of fused-ring (bicyclic) bond motifs is 1. The maximum absolute atomic E-state index is 12.4. The molecule has 2 heterocycles. The average Bonchev–Trinajstić information content (AvgIpc) is 3.12. The van der Waals surface area contributed by atoms with Crippen molar-refractivity contribution in [1.82, 2.24) is 9.55 Å². The third kappa shape index (κ3) is 2.97. The molecule has 124 valence electrons. The van der Waals surface area contributed by atoms with Crippen LogP contribution in [-0.4, -0.2) is 27.9 Å². The van der Waals surface area contributed by atoms with Crippen molar-refractivity contribution in [3.05, 3.63) is 59.0 Å². The first-order valence-corrected chi connectivity index (χ1v) is 7.85. The molecule has 5 nitrogen and oxygen atoms in total. The Kier molecular flexibility index (Phi) is 4.25. The van der Waals surface area contributed by atoms with E-state index in [9.17, 15) is 9.59 Å². The molecule has 0 unspecified atom stereocenters. The highest BCUT2D eigenvalue weighted by Crippen LogP contribution is 2.22. The van der Waals surface area contributed by atoms with Gasteiger partial charge >= 0.3 is 5.97 Å². The summed E-state index contributed by atoms with van der Waals surface area (Å²) >= 11 is 0. The second kappa shape index (κ2) is 6.35. The number of benzene rings is 1. The zero-order chi connectivity index (χ0) is 17.3. The predicted octanol–water partition coefficient (Wildman–Crippen LogP) is 3.32. The molecule has 24 heavy (non-hydrogen) atoms. The molecular formula is C19H20N2O3. The standard InChI is InChI=1S/C19H20N2O3/c1-12-5-4-6-16-19(12)15(9-20-16)17(22)11-24-18(23)10-21-13(2)7-8-14(21)3/h4-9,20H,10-11H2,1-3H3. The summed E-state index contributed by atoms with van der Waals surface area (Å²) in [5.41, 5.74) is 4.46. The largest absolute Gasteiger partial charge is 0.456 e. The Bertz CT molecular complexity index is 898. The average molecular weight is 324 g/mol. The normalized spacial score (nSPS) is 11.0. The van der Waals surface area contributed by atoms with Crippen LogP contribution in [0.25, 0.3) is 10.9 Å². The van der Waals surface area contributed by atoms with Gasteiger partial charge in [0.2, 0.25) is 5.78 Å². The SMILES string of the molecule is Cc1cccc2[nH]cc(C(=O)COC(=O)Cn3c(C)ccc3C)c12. The van der Waals surface area contributed by atoms with E-state index in [1.54, 1.807) is 6.20 Å². The van der Waals surface area contributed by atoms with Crippen molar-refractivity contribution in [3.63, 3.8) is 0 Å². The Morgan fingerprint density at radius 2 is 1.79 bits per heavy atom. The molecule has 0 aliphatic carbocycles. The van der Waals surface area contributed by atoms with Crippen LogP contribution in [0.1, 0.15) is 27.3 Å². The fourth-order valence-electron chi connectivity index (χ4n) is 2.93. The minimum atomic E-state index is -0.415. The van der Waals surface area contributed by atoms with Gasteiger partial charge in [0.05, 0.1) is 0 Å². The zero-order valence-corrected chi connectivity index (χ0v) is 14.1. The van der Waals surface area contributed by atoms with Gasteiger partial charge in [0.25, 0.3) is 0 Å². The molecular weight excluding hydrogens is 304 g/mol. The van der Waals surface area contributed by atoms with Crippen LogP contribution in [0, 0.1) is 20.8 Å². The second-order valence-corrected chi connectivity index (χ2v) is 5.99. The highest BCUT2D eigenvalue weighted by molar-refractivity contribution is 6.09. The van der Waals surface area contributed by atoms with Crippen molar-refractivity contribution < 1.29 is 14.3 Å². The van der Waals surface area contributed by atoms with Crippen molar-refractivity contribution in [2.75, 3.05) is 6.61 Å². The number of carbonyl (C=O) groups excluding carboxylic acids is 2. The number of rotatable bonds is 5. The van der Waals surface area contributed by atoms with E-state index in [4.69, 9.17) is 4.74 Å². The van der Waals surface area contributed by atoms with Crippen molar-refractivity contribution in [2.45, 2.75) is 27.3 Å². The molecule has 0 saturated heterocycles. The van der Waals surface area contributed by atoms with Gasteiger partial charge in [-0.15, -0.1) is 0 Å². The third-order valence-electron chi connectivity index (χ3n) is 4.28. The molecule has 0 radical (unpaired) electrons. The van der Waals surface area contributed by atoms with E-state index < -0.39 is 5.97 Å². The molecule has 0 aliphatic heterocycles. The number of aromatic nitrogens is 2. The maximum atomic E-state index is 12.4. The summed E-state index contributed by atoms with van der Waals surface area (Å²) in [5.74, 6) is -0.618. The number of ether oxygens (including phenoxy) is 1. The van der Waals surface area contributed by atoms with Gasteiger partial charge in [-0.1, -0.05) is 12.1 Å². The number of hydrogen-bond acceptors (Lipinski definition) is 3. The number of nitrogens with one attached hydrogen (secondary N) is 1. The van der Waals surface area contributed by atoms with Crippen LogP contribution in [0.2, 0.25) is 0 Å². The summed E-state index contributed by atoms with van der Waals surface area (Å²) < 4.78 is 7.04. The van der Waals surface area contributed by atoms with Crippen LogP contribution in [-0.2, 0) is 16.1 Å². The zero-order valence-electron chi connectivity index (χ0n) is 14.1. The molecule has 0 aliphatic rings. The first-order valence-electron chi connectivity index (χ1n) is 7.85. The lowest BCUT2D eigenvalue weighted by atomic mass is 10.1. The van der Waals surface area contributed by atoms with E-state index in [2.05, 4.69) is 4.98 Å². The van der Waals surface area contributed by atoms with E-state index >= 15 is 0 Å². The monoisotopic (exact) mass is 324 g/mol. The first-order chi connectivity index (χ1) is 11.5. The highest BCUT2D eigenvalue weighted by atomic mass is 16.5. The van der Waals surface area contributed by atoms with Crippen LogP contribution in [0.4, 0.5) is 0 Å². The van der Waals surface area contributed by atoms with Gasteiger partial charge in [-0.3, -0.25) is 9.59 Å². The van der Waals surface area contributed by atoms with Gasteiger partial charge in [0.15, 0.2) is 6.61 Å². The number of hydrogen-bond donors (Lipinski definition) is 1. The Morgan fingerprint density at radius 1 is 1.08 bits per heavy atom. The second-order valence-electron chi connectivity index (χ2n) is 5.99. The number of carbonyl (C=O) groups is 2. The van der Waals surface area contributed by atoms with Crippen LogP contribution in [0.3, 0.4) is 0 Å². The van der Waals surface area contributed by atoms with Gasteiger partial charge in [-0.05, 0) is 44.5 Å². The molecule has 0 amide bonds. The Balaban J connectivity index is 1.68. The fourth-order valence-corrected chi connectivity index (χ4v) is 2.93. The lowest BCUT2D eigenvalue weighted by molar-refractivity contribution is -0.143. The number of aryl methyl sites for hydroxylation is 3.